The SMILES string of the molecule is COCCCN1CC2CCC(C1)N2C(C)C. The fourth-order valence-corrected chi connectivity index (χ4v) is 3.48. The van der Waals surface area contributed by atoms with E-state index in [4.69, 9.17) is 4.74 Å². The van der Waals surface area contributed by atoms with Gasteiger partial charge in [0.2, 0.25) is 0 Å². The van der Waals surface area contributed by atoms with Crippen LogP contribution in [0.1, 0.15) is 33.1 Å². The van der Waals surface area contributed by atoms with Gasteiger partial charge in [-0.1, -0.05) is 0 Å². The van der Waals surface area contributed by atoms with Gasteiger partial charge in [0.25, 0.3) is 0 Å². The summed E-state index contributed by atoms with van der Waals surface area (Å²) in [6.07, 6.45) is 3.99. The number of hydrogen-bond donors (Lipinski definition) is 0. The van der Waals surface area contributed by atoms with Crippen molar-refractivity contribution in [1.82, 2.24) is 9.80 Å². The van der Waals surface area contributed by atoms with Gasteiger partial charge >= 0.3 is 0 Å². The van der Waals surface area contributed by atoms with Gasteiger partial charge in [-0.2, -0.15) is 0 Å². The molecule has 2 fully saturated rings. The Hall–Kier alpha value is -0.120. The average Bonchev–Trinajstić information content (AvgIpc) is 2.52. The van der Waals surface area contributed by atoms with Gasteiger partial charge in [-0.3, -0.25) is 4.90 Å². The molecule has 2 aliphatic rings. The zero-order chi connectivity index (χ0) is 11.5. The van der Waals surface area contributed by atoms with Crippen LogP contribution in [0.3, 0.4) is 0 Å². The third-order valence-corrected chi connectivity index (χ3v) is 4.03. The molecule has 3 heteroatoms. The van der Waals surface area contributed by atoms with Crippen LogP contribution < -0.4 is 0 Å². The summed E-state index contributed by atoms with van der Waals surface area (Å²) in [5, 5.41) is 0. The van der Waals surface area contributed by atoms with Crippen molar-refractivity contribution >= 4 is 0 Å². The number of rotatable bonds is 5. The van der Waals surface area contributed by atoms with Crippen molar-refractivity contribution in [2.45, 2.75) is 51.2 Å². The van der Waals surface area contributed by atoms with Gasteiger partial charge in [-0.15, -0.1) is 0 Å². The van der Waals surface area contributed by atoms with Crippen molar-refractivity contribution in [3.8, 4) is 0 Å². The smallest absolute Gasteiger partial charge is 0.0474 e. The Balaban J connectivity index is 1.82. The maximum Gasteiger partial charge on any atom is 0.0474 e. The average molecular weight is 226 g/mol. The van der Waals surface area contributed by atoms with Crippen LogP contribution in [0.25, 0.3) is 0 Å². The summed E-state index contributed by atoms with van der Waals surface area (Å²) in [4.78, 5) is 5.38. The third kappa shape index (κ3) is 2.58. The number of piperazine rings is 1. The zero-order valence-corrected chi connectivity index (χ0v) is 11.0. The fraction of sp³-hybridized carbons (Fsp3) is 1.00. The van der Waals surface area contributed by atoms with Gasteiger partial charge in [0.05, 0.1) is 0 Å². The minimum atomic E-state index is 0.721. The Morgan fingerprint density at radius 1 is 1.19 bits per heavy atom. The summed E-state index contributed by atoms with van der Waals surface area (Å²) in [5.74, 6) is 0. The molecule has 0 amide bonds. The van der Waals surface area contributed by atoms with Crippen LogP contribution in [0, 0.1) is 0 Å². The summed E-state index contributed by atoms with van der Waals surface area (Å²) in [6, 6.07) is 2.36. The first-order valence-electron chi connectivity index (χ1n) is 6.71. The first-order chi connectivity index (χ1) is 7.72. The molecule has 2 saturated heterocycles. The first-order valence-corrected chi connectivity index (χ1v) is 6.71. The molecule has 0 aliphatic carbocycles. The van der Waals surface area contributed by atoms with Crippen molar-refractivity contribution in [1.29, 1.82) is 0 Å². The monoisotopic (exact) mass is 226 g/mol. The molecule has 0 radical (unpaired) electrons. The molecule has 2 heterocycles. The lowest BCUT2D eigenvalue weighted by atomic mass is 10.1. The maximum absolute atomic E-state index is 5.12. The molecule has 2 atom stereocenters. The summed E-state index contributed by atoms with van der Waals surface area (Å²) in [5.41, 5.74) is 0. The second kappa shape index (κ2) is 5.48. The van der Waals surface area contributed by atoms with Crippen LogP contribution in [0.5, 0.6) is 0 Å². The van der Waals surface area contributed by atoms with Gasteiger partial charge in [0.1, 0.15) is 0 Å². The molecule has 0 aromatic heterocycles. The molecule has 3 nitrogen and oxygen atoms in total. The summed E-state index contributed by atoms with van der Waals surface area (Å²) in [7, 11) is 1.79. The Kier molecular flexibility index (Phi) is 4.22. The van der Waals surface area contributed by atoms with E-state index in [1.54, 1.807) is 7.11 Å². The Bertz CT molecular complexity index is 206. The van der Waals surface area contributed by atoms with Crippen molar-refractivity contribution in [3.05, 3.63) is 0 Å². The lowest BCUT2D eigenvalue weighted by molar-refractivity contribution is 0.0397. The topological polar surface area (TPSA) is 15.7 Å². The summed E-state index contributed by atoms with van der Waals surface area (Å²) >= 11 is 0. The van der Waals surface area contributed by atoms with Gasteiger partial charge in [-0.25, -0.2) is 0 Å². The number of likely N-dealkylation sites (tertiary alicyclic amines) is 1. The van der Waals surface area contributed by atoms with Crippen LogP contribution in [-0.2, 0) is 4.74 Å². The maximum atomic E-state index is 5.12. The lowest BCUT2D eigenvalue weighted by Gasteiger charge is -2.43. The molecule has 0 aromatic carbocycles. The van der Waals surface area contributed by atoms with E-state index < -0.39 is 0 Å². The molecule has 16 heavy (non-hydrogen) atoms. The standard InChI is InChI=1S/C13H26N2O/c1-11(2)15-12-5-6-13(15)10-14(9-12)7-4-8-16-3/h11-13H,4-10H2,1-3H3. The molecule has 0 N–H and O–H groups in total. The number of hydrogen-bond acceptors (Lipinski definition) is 3. The summed E-state index contributed by atoms with van der Waals surface area (Å²) < 4.78 is 5.12. The molecule has 2 rings (SSSR count). The van der Waals surface area contributed by atoms with E-state index in [9.17, 15) is 0 Å². The van der Waals surface area contributed by atoms with Crippen molar-refractivity contribution in [2.75, 3.05) is 33.4 Å². The second-order valence-electron chi connectivity index (χ2n) is 5.53. The second-order valence-corrected chi connectivity index (χ2v) is 5.53. The van der Waals surface area contributed by atoms with Crippen LogP contribution in [0.4, 0.5) is 0 Å². The molecule has 0 spiro atoms. The number of nitrogens with zero attached hydrogens (tertiary/aromatic N) is 2. The molecule has 2 aliphatic heterocycles. The van der Waals surface area contributed by atoms with E-state index in [0.29, 0.717) is 0 Å². The Morgan fingerprint density at radius 3 is 2.31 bits per heavy atom. The summed E-state index contributed by atoms with van der Waals surface area (Å²) in [6.45, 7) is 9.35. The molecule has 94 valence electrons. The zero-order valence-electron chi connectivity index (χ0n) is 11.0. The largest absolute Gasteiger partial charge is 0.385 e. The van der Waals surface area contributed by atoms with Crippen molar-refractivity contribution < 1.29 is 4.74 Å². The molecule has 0 saturated carbocycles. The molecular formula is C13H26N2O. The van der Waals surface area contributed by atoms with Gasteiger partial charge < -0.3 is 9.64 Å². The van der Waals surface area contributed by atoms with Crippen molar-refractivity contribution in [3.63, 3.8) is 0 Å². The molecular weight excluding hydrogens is 200 g/mol. The van der Waals surface area contributed by atoms with Gasteiger partial charge in [0, 0.05) is 51.5 Å². The predicted octanol–water partition coefficient (Wildman–Crippen LogP) is 1.58. The molecule has 2 bridgehead atoms. The quantitative estimate of drug-likeness (QED) is 0.662. The van der Waals surface area contributed by atoms with Crippen LogP contribution >= 0.6 is 0 Å². The van der Waals surface area contributed by atoms with E-state index in [-0.39, 0.29) is 0 Å². The Labute approximate surface area is 99.7 Å². The van der Waals surface area contributed by atoms with Crippen LogP contribution in [0.2, 0.25) is 0 Å². The van der Waals surface area contributed by atoms with Crippen LogP contribution in [-0.4, -0.2) is 61.3 Å². The lowest BCUT2D eigenvalue weighted by Crippen LogP contribution is -2.56. The number of fused-ring (bicyclic) bond motifs is 2. The van der Waals surface area contributed by atoms with E-state index in [2.05, 4.69) is 23.6 Å². The first kappa shape index (κ1) is 12.3. The normalized spacial score (nSPS) is 31.5. The predicted molar refractivity (Wildman–Crippen MR) is 66.7 cm³/mol. The number of ether oxygens (including phenoxy) is 1. The van der Waals surface area contributed by atoms with E-state index in [1.165, 1.54) is 38.9 Å². The molecule has 2 unspecified atom stereocenters. The highest BCUT2D eigenvalue weighted by atomic mass is 16.5. The van der Waals surface area contributed by atoms with E-state index in [0.717, 1.165) is 24.7 Å². The van der Waals surface area contributed by atoms with Gasteiger partial charge in [0.15, 0.2) is 0 Å². The van der Waals surface area contributed by atoms with Gasteiger partial charge in [-0.05, 0) is 33.1 Å². The molecule has 0 aromatic rings. The highest BCUT2D eigenvalue weighted by Crippen LogP contribution is 2.31. The van der Waals surface area contributed by atoms with E-state index in [1.807, 2.05) is 0 Å². The van der Waals surface area contributed by atoms with Crippen LogP contribution in [0.15, 0.2) is 0 Å². The Morgan fingerprint density at radius 2 is 1.81 bits per heavy atom. The highest BCUT2D eigenvalue weighted by Gasteiger charge is 2.40. The minimum Gasteiger partial charge on any atom is -0.385 e. The highest BCUT2D eigenvalue weighted by molar-refractivity contribution is 4.96. The fourth-order valence-electron chi connectivity index (χ4n) is 3.48. The van der Waals surface area contributed by atoms with Crippen molar-refractivity contribution in [2.24, 2.45) is 0 Å². The third-order valence-electron chi connectivity index (χ3n) is 4.03. The minimum absolute atomic E-state index is 0.721. The number of methoxy groups -OCH3 is 1. The van der Waals surface area contributed by atoms with E-state index >= 15 is 0 Å².